The van der Waals surface area contributed by atoms with Crippen molar-refractivity contribution in [3.05, 3.63) is 48.7 Å². The van der Waals surface area contributed by atoms with Gasteiger partial charge in [-0.05, 0) is 18.2 Å². The number of thioether (sulfide) groups is 1. The van der Waals surface area contributed by atoms with Crippen LogP contribution < -0.4 is 4.74 Å². The van der Waals surface area contributed by atoms with Gasteiger partial charge in [0.05, 0.1) is 22.8 Å². The summed E-state index contributed by atoms with van der Waals surface area (Å²) < 4.78 is 11.1. The molecule has 2 aromatic heterocycles. The van der Waals surface area contributed by atoms with Crippen molar-refractivity contribution in [3.63, 3.8) is 0 Å². The highest BCUT2D eigenvalue weighted by atomic mass is 32.2. The Morgan fingerprint density at radius 2 is 2.36 bits per heavy atom. The summed E-state index contributed by atoms with van der Waals surface area (Å²) >= 11 is 1.91. The van der Waals surface area contributed by atoms with Gasteiger partial charge in [-0.3, -0.25) is 9.78 Å². The third-order valence-corrected chi connectivity index (χ3v) is 5.70. The van der Waals surface area contributed by atoms with E-state index in [1.807, 2.05) is 28.8 Å². The van der Waals surface area contributed by atoms with Gasteiger partial charge < -0.3 is 14.1 Å². The van der Waals surface area contributed by atoms with Crippen LogP contribution in [0.1, 0.15) is 16.8 Å². The fourth-order valence-electron chi connectivity index (χ4n) is 3.07. The molecule has 5 nitrogen and oxygen atoms in total. The summed E-state index contributed by atoms with van der Waals surface area (Å²) in [6, 6.07) is 5.52. The maximum atomic E-state index is 12.2. The molecular formula is C16H16N2O3S. The van der Waals surface area contributed by atoms with E-state index in [2.05, 4.69) is 4.98 Å². The van der Waals surface area contributed by atoms with Crippen molar-refractivity contribution in [1.29, 1.82) is 0 Å². The van der Waals surface area contributed by atoms with E-state index in [0.717, 1.165) is 31.0 Å². The second-order valence-corrected chi connectivity index (χ2v) is 7.29. The van der Waals surface area contributed by atoms with E-state index in [4.69, 9.17) is 9.15 Å². The monoisotopic (exact) mass is 316 g/mol. The van der Waals surface area contributed by atoms with Gasteiger partial charge >= 0.3 is 0 Å². The van der Waals surface area contributed by atoms with Gasteiger partial charge in [0.25, 0.3) is 5.91 Å². The van der Waals surface area contributed by atoms with E-state index >= 15 is 0 Å². The summed E-state index contributed by atoms with van der Waals surface area (Å²) in [5, 5.41) is 0. The molecule has 0 radical (unpaired) electrons. The molecule has 0 aromatic carbocycles. The summed E-state index contributed by atoms with van der Waals surface area (Å²) in [7, 11) is 0. The normalized spacial score (nSPS) is 22.5. The van der Waals surface area contributed by atoms with E-state index < -0.39 is 0 Å². The molecule has 4 rings (SSSR count). The highest BCUT2D eigenvalue weighted by Crippen LogP contribution is 2.46. The van der Waals surface area contributed by atoms with Crippen molar-refractivity contribution in [1.82, 2.24) is 9.88 Å². The minimum Gasteiger partial charge on any atom is -0.488 e. The molecule has 114 valence electrons. The van der Waals surface area contributed by atoms with Crippen LogP contribution >= 0.6 is 11.8 Å². The van der Waals surface area contributed by atoms with Gasteiger partial charge in [-0.25, -0.2) is 0 Å². The minimum absolute atomic E-state index is 0.0524. The predicted octanol–water partition coefficient (Wildman–Crippen LogP) is 2.45. The highest BCUT2D eigenvalue weighted by Gasteiger charge is 2.51. The average Bonchev–Trinajstić information content (AvgIpc) is 3.16. The maximum absolute atomic E-state index is 12.2. The molecule has 0 unspecified atom stereocenters. The zero-order valence-corrected chi connectivity index (χ0v) is 12.8. The molecule has 2 fully saturated rings. The van der Waals surface area contributed by atoms with Crippen molar-refractivity contribution >= 4 is 17.7 Å². The second kappa shape index (κ2) is 5.35. The number of nitrogens with zero attached hydrogens (tertiary/aromatic N) is 2. The average molecular weight is 316 g/mol. The molecule has 2 aliphatic heterocycles. The minimum atomic E-state index is 0.0524. The third kappa shape index (κ3) is 2.47. The Hall–Kier alpha value is -1.95. The van der Waals surface area contributed by atoms with Gasteiger partial charge in [0, 0.05) is 31.5 Å². The van der Waals surface area contributed by atoms with Crippen LogP contribution in [0.4, 0.5) is 0 Å². The van der Waals surface area contributed by atoms with Crippen molar-refractivity contribution in [2.24, 2.45) is 0 Å². The molecule has 2 aromatic rings. The van der Waals surface area contributed by atoms with Crippen LogP contribution in [0.15, 0.2) is 47.5 Å². The van der Waals surface area contributed by atoms with Crippen LogP contribution in [0, 0.1) is 0 Å². The molecule has 1 atom stereocenters. The summed E-state index contributed by atoms with van der Waals surface area (Å²) in [6.07, 6.45) is 7.69. The van der Waals surface area contributed by atoms with Crippen molar-refractivity contribution in [2.45, 2.75) is 17.3 Å². The first-order chi connectivity index (χ1) is 10.7. The van der Waals surface area contributed by atoms with Crippen LogP contribution in [0.3, 0.4) is 0 Å². The Balaban J connectivity index is 1.33. The fraction of sp³-hybridized carbons (Fsp3) is 0.375. The number of aromatic nitrogens is 1. The summed E-state index contributed by atoms with van der Waals surface area (Å²) in [5.41, 5.74) is 0.626. The van der Waals surface area contributed by atoms with Crippen LogP contribution in [0.25, 0.3) is 0 Å². The fourth-order valence-corrected chi connectivity index (χ4v) is 4.59. The molecular weight excluding hydrogens is 300 g/mol. The molecule has 1 amide bonds. The predicted molar refractivity (Wildman–Crippen MR) is 83.1 cm³/mol. The van der Waals surface area contributed by atoms with Gasteiger partial charge in [0.1, 0.15) is 18.1 Å². The van der Waals surface area contributed by atoms with Gasteiger partial charge in [0.15, 0.2) is 0 Å². The van der Waals surface area contributed by atoms with E-state index in [9.17, 15) is 4.79 Å². The lowest BCUT2D eigenvalue weighted by molar-refractivity contribution is 0.0517. The van der Waals surface area contributed by atoms with Crippen LogP contribution in [-0.2, 0) is 0 Å². The zero-order valence-electron chi connectivity index (χ0n) is 12.0. The van der Waals surface area contributed by atoms with E-state index in [1.165, 1.54) is 12.5 Å². The summed E-state index contributed by atoms with van der Waals surface area (Å²) in [5.74, 6) is 1.83. The van der Waals surface area contributed by atoms with Crippen molar-refractivity contribution < 1.29 is 13.9 Å². The molecule has 1 spiro atoms. The number of furan rings is 1. The number of hydrogen-bond acceptors (Lipinski definition) is 5. The van der Waals surface area contributed by atoms with Crippen LogP contribution in [0.2, 0.25) is 0 Å². The smallest absolute Gasteiger partial charge is 0.257 e. The van der Waals surface area contributed by atoms with E-state index in [0.29, 0.717) is 5.56 Å². The number of amides is 1. The van der Waals surface area contributed by atoms with Gasteiger partial charge in [-0.1, -0.05) is 0 Å². The molecule has 2 aliphatic rings. The summed E-state index contributed by atoms with van der Waals surface area (Å²) in [6.45, 7) is 1.57. The molecule has 0 N–H and O–H groups in total. The molecule has 22 heavy (non-hydrogen) atoms. The zero-order chi connectivity index (χ0) is 15.0. The lowest BCUT2D eigenvalue weighted by atomic mass is 9.92. The lowest BCUT2D eigenvalue weighted by Gasteiger charge is -2.47. The first kappa shape index (κ1) is 13.7. The molecule has 0 saturated carbocycles. The SMILES string of the molecule is O=C(c1ccoc1)N1CC2(C[C@H](Oc3cccnc3)CS2)C1. The number of likely N-dealkylation sites (tertiary alicyclic amines) is 1. The second-order valence-electron chi connectivity index (χ2n) is 5.80. The van der Waals surface area contributed by atoms with Crippen LogP contribution in [0.5, 0.6) is 5.75 Å². The first-order valence-electron chi connectivity index (χ1n) is 7.26. The molecule has 2 saturated heterocycles. The third-order valence-electron chi connectivity index (χ3n) is 4.13. The van der Waals surface area contributed by atoms with Gasteiger partial charge in [0.2, 0.25) is 0 Å². The Kier molecular flexibility index (Phi) is 3.33. The lowest BCUT2D eigenvalue weighted by Crippen LogP contribution is -2.60. The number of carbonyl (C=O) groups excluding carboxylic acids is 1. The largest absolute Gasteiger partial charge is 0.488 e. The topological polar surface area (TPSA) is 55.6 Å². The standard InChI is InChI=1S/C16H16N2O3S/c19-15(12-3-5-20-8-12)18-10-16(11-18)6-14(9-22-16)21-13-2-1-4-17-7-13/h1-5,7-8,14H,6,9-11H2/t14-/m0/s1. The van der Waals surface area contributed by atoms with Gasteiger partial charge in [-0.2, -0.15) is 0 Å². The van der Waals surface area contributed by atoms with Crippen LogP contribution in [-0.4, -0.2) is 45.5 Å². The molecule has 6 heteroatoms. The highest BCUT2D eigenvalue weighted by molar-refractivity contribution is 8.01. The Bertz CT molecular complexity index is 653. The number of rotatable bonds is 3. The molecule has 4 heterocycles. The first-order valence-corrected chi connectivity index (χ1v) is 8.25. The van der Waals surface area contributed by atoms with Gasteiger partial charge in [-0.15, -0.1) is 11.8 Å². The Morgan fingerprint density at radius 1 is 1.45 bits per heavy atom. The Labute approximate surface area is 132 Å². The number of ether oxygens (including phenoxy) is 1. The number of hydrogen-bond donors (Lipinski definition) is 0. The molecule has 0 bridgehead atoms. The maximum Gasteiger partial charge on any atom is 0.257 e. The number of pyridine rings is 1. The van der Waals surface area contributed by atoms with Crippen molar-refractivity contribution in [3.8, 4) is 5.75 Å². The molecule has 0 aliphatic carbocycles. The number of carbonyl (C=O) groups is 1. The summed E-state index contributed by atoms with van der Waals surface area (Å²) in [4.78, 5) is 18.2. The van der Waals surface area contributed by atoms with E-state index in [-0.39, 0.29) is 16.8 Å². The van der Waals surface area contributed by atoms with E-state index in [1.54, 1.807) is 18.5 Å². The Morgan fingerprint density at radius 3 is 3.09 bits per heavy atom. The van der Waals surface area contributed by atoms with Crippen molar-refractivity contribution in [2.75, 3.05) is 18.8 Å². The quantitative estimate of drug-likeness (QED) is 0.870.